The van der Waals surface area contributed by atoms with Gasteiger partial charge in [0.25, 0.3) is 0 Å². The van der Waals surface area contributed by atoms with Crippen molar-refractivity contribution < 1.29 is 0 Å². The van der Waals surface area contributed by atoms with Crippen molar-refractivity contribution in [2.75, 3.05) is 0 Å². The van der Waals surface area contributed by atoms with E-state index in [1.807, 2.05) is 31.3 Å². The van der Waals surface area contributed by atoms with E-state index in [2.05, 4.69) is 37.9 Å². The normalized spacial score (nSPS) is 10.3. The molecule has 2 rings (SSSR count). The summed E-state index contributed by atoms with van der Waals surface area (Å²) in [6.07, 6.45) is 0. The van der Waals surface area contributed by atoms with Gasteiger partial charge in [-0.3, -0.25) is 0 Å². The van der Waals surface area contributed by atoms with Gasteiger partial charge in [-0.2, -0.15) is 5.26 Å². The smallest absolute Gasteiger partial charge is 0.129 e. The Balaban J connectivity index is 2.72. The zero-order valence-electron chi connectivity index (χ0n) is 8.84. The summed E-state index contributed by atoms with van der Waals surface area (Å²) < 4.78 is 3.52. The number of aromatic nitrogens is 1. The highest BCUT2D eigenvalue weighted by Gasteiger charge is 2.18. The molecular weight excluding hydrogens is 367 g/mol. The minimum Gasteiger partial charge on any atom is -0.329 e. The number of hydrogen-bond acceptors (Lipinski definition) is 1. The summed E-state index contributed by atoms with van der Waals surface area (Å²) >= 11 is 12.8. The van der Waals surface area contributed by atoms with E-state index in [1.165, 1.54) is 0 Å². The van der Waals surface area contributed by atoms with Crippen LogP contribution in [0.15, 0.2) is 33.3 Å². The van der Waals surface area contributed by atoms with Gasteiger partial charge in [0.2, 0.25) is 0 Å². The van der Waals surface area contributed by atoms with Gasteiger partial charge in [0.05, 0.1) is 4.47 Å². The van der Waals surface area contributed by atoms with Gasteiger partial charge in [0.1, 0.15) is 16.4 Å². The van der Waals surface area contributed by atoms with Crippen LogP contribution in [0.25, 0.3) is 11.1 Å². The minimum atomic E-state index is 0.603. The average molecular weight is 374 g/mol. The molecule has 0 N–H and O–H groups in total. The molecule has 0 bridgehead atoms. The maximum atomic E-state index is 9.21. The molecule has 86 valence electrons. The van der Waals surface area contributed by atoms with Crippen LogP contribution in [0.1, 0.15) is 5.69 Å². The summed E-state index contributed by atoms with van der Waals surface area (Å²) in [6, 6.07) is 9.63. The summed E-state index contributed by atoms with van der Waals surface area (Å²) in [5.41, 5.74) is 2.43. The molecule has 2 nitrogen and oxygen atoms in total. The molecule has 0 spiro atoms. The molecule has 1 heterocycles. The molecule has 0 amide bonds. The summed E-state index contributed by atoms with van der Waals surface area (Å²) in [5, 5.41) is 9.89. The van der Waals surface area contributed by atoms with Crippen molar-refractivity contribution in [2.45, 2.75) is 0 Å². The van der Waals surface area contributed by atoms with Crippen LogP contribution in [0.4, 0.5) is 0 Å². The molecule has 0 radical (unpaired) electrons. The fourth-order valence-corrected chi connectivity index (χ4v) is 2.82. The lowest BCUT2D eigenvalue weighted by Crippen LogP contribution is -1.92. The van der Waals surface area contributed by atoms with Gasteiger partial charge in [-0.05, 0) is 49.6 Å². The maximum absolute atomic E-state index is 9.21. The highest BCUT2D eigenvalue weighted by Crippen LogP contribution is 2.39. The van der Waals surface area contributed by atoms with E-state index >= 15 is 0 Å². The predicted molar refractivity (Wildman–Crippen MR) is 76.0 cm³/mol. The van der Waals surface area contributed by atoms with E-state index in [9.17, 15) is 5.26 Å². The highest BCUT2D eigenvalue weighted by molar-refractivity contribution is 9.13. The van der Waals surface area contributed by atoms with Gasteiger partial charge in [0, 0.05) is 17.6 Å². The van der Waals surface area contributed by atoms with Crippen molar-refractivity contribution in [1.29, 1.82) is 5.26 Å². The Morgan fingerprint density at radius 3 is 2.35 bits per heavy atom. The van der Waals surface area contributed by atoms with Crippen molar-refractivity contribution in [1.82, 2.24) is 4.57 Å². The second-order valence-corrected chi connectivity index (χ2v) is 5.49. The third-order valence-electron chi connectivity index (χ3n) is 2.51. The molecule has 0 aliphatic carbocycles. The van der Waals surface area contributed by atoms with Gasteiger partial charge in [-0.25, -0.2) is 0 Å². The van der Waals surface area contributed by atoms with Crippen LogP contribution >= 0.6 is 43.5 Å². The third kappa shape index (κ3) is 2.15. The molecule has 0 fully saturated rings. The first-order valence-corrected chi connectivity index (χ1v) is 6.72. The van der Waals surface area contributed by atoms with Crippen molar-refractivity contribution in [3.05, 3.63) is 44.1 Å². The van der Waals surface area contributed by atoms with Crippen LogP contribution in [0.2, 0.25) is 5.02 Å². The van der Waals surface area contributed by atoms with E-state index in [-0.39, 0.29) is 0 Å². The van der Waals surface area contributed by atoms with Gasteiger partial charge < -0.3 is 4.57 Å². The summed E-state index contributed by atoms with van der Waals surface area (Å²) in [7, 11) is 1.84. The van der Waals surface area contributed by atoms with Crippen molar-refractivity contribution in [2.24, 2.45) is 7.05 Å². The van der Waals surface area contributed by atoms with Crippen molar-refractivity contribution in [3.8, 4) is 17.2 Å². The lowest BCUT2D eigenvalue weighted by molar-refractivity contribution is 0.882. The van der Waals surface area contributed by atoms with Crippen LogP contribution in [0.3, 0.4) is 0 Å². The molecule has 0 unspecified atom stereocenters. The zero-order chi connectivity index (χ0) is 12.6. The van der Waals surface area contributed by atoms with E-state index < -0.39 is 0 Å². The summed E-state index contributed by atoms with van der Waals surface area (Å²) in [6.45, 7) is 0. The number of rotatable bonds is 1. The molecule has 0 saturated carbocycles. The maximum Gasteiger partial charge on any atom is 0.129 e. The SMILES string of the molecule is Cn1c(Br)c(Br)c(-c2ccc(Cl)cc2)c1C#N. The molecule has 0 aliphatic heterocycles. The van der Waals surface area contributed by atoms with Crippen molar-refractivity contribution in [3.63, 3.8) is 0 Å². The quantitative estimate of drug-likeness (QED) is 0.709. The van der Waals surface area contributed by atoms with Gasteiger partial charge in [0.15, 0.2) is 0 Å². The third-order valence-corrected chi connectivity index (χ3v) is 4.99. The van der Waals surface area contributed by atoms with E-state index in [0.29, 0.717) is 10.7 Å². The molecule has 1 aromatic carbocycles. The van der Waals surface area contributed by atoms with Crippen LogP contribution in [-0.2, 0) is 7.05 Å². The molecule has 2 aromatic rings. The van der Waals surface area contributed by atoms with Gasteiger partial charge in [-0.1, -0.05) is 23.7 Å². The van der Waals surface area contributed by atoms with Crippen LogP contribution in [-0.4, -0.2) is 4.57 Å². The highest BCUT2D eigenvalue weighted by atomic mass is 79.9. The molecule has 0 saturated heterocycles. The monoisotopic (exact) mass is 372 g/mol. The van der Waals surface area contributed by atoms with Crippen LogP contribution in [0.5, 0.6) is 0 Å². The van der Waals surface area contributed by atoms with E-state index in [4.69, 9.17) is 11.6 Å². The van der Waals surface area contributed by atoms with Crippen LogP contribution < -0.4 is 0 Å². The molecule has 5 heteroatoms. The first-order chi connectivity index (χ1) is 8.06. The summed E-state index contributed by atoms with van der Waals surface area (Å²) in [4.78, 5) is 0. The fourth-order valence-electron chi connectivity index (χ4n) is 1.63. The first-order valence-electron chi connectivity index (χ1n) is 4.76. The Kier molecular flexibility index (Phi) is 3.62. The average Bonchev–Trinajstić information content (AvgIpc) is 2.54. The zero-order valence-corrected chi connectivity index (χ0v) is 12.8. The first kappa shape index (κ1) is 12.7. The Bertz CT molecular complexity index is 609. The number of benzene rings is 1. The number of nitrogens with zero attached hydrogens (tertiary/aromatic N) is 2. The lowest BCUT2D eigenvalue weighted by Gasteiger charge is -2.01. The molecule has 1 aromatic heterocycles. The van der Waals surface area contributed by atoms with Crippen molar-refractivity contribution >= 4 is 43.5 Å². The Hall–Kier alpha value is -0.760. The topological polar surface area (TPSA) is 28.7 Å². The molecular formula is C12H7Br2ClN2. The Morgan fingerprint density at radius 1 is 1.24 bits per heavy atom. The predicted octanol–water partition coefficient (Wildman–Crippen LogP) is 4.74. The largest absolute Gasteiger partial charge is 0.329 e. The molecule has 17 heavy (non-hydrogen) atoms. The molecule has 0 atom stereocenters. The number of nitriles is 1. The number of hydrogen-bond donors (Lipinski definition) is 0. The van der Waals surface area contributed by atoms with E-state index in [1.54, 1.807) is 4.57 Å². The van der Waals surface area contributed by atoms with Crippen LogP contribution in [0, 0.1) is 11.3 Å². The van der Waals surface area contributed by atoms with Gasteiger partial charge >= 0.3 is 0 Å². The van der Waals surface area contributed by atoms with E-state index in [0.717, 1.165) is 20.2 Å². The summed E-state index contributed by atoms with van der Waals surface area (Å²) in [5.74, 6) is 0. The second kappa shape index (κ2) is 4.85. The minimum absolute atomic E-state index is 0.603. The fraction of sp³-hybridized carbons (Fsp3) is 0.0833. The molecule has 0 aliphatic rings. The Labute approximate surface area is 121 Å². The van der Waals surface area contributed by atoms with Gasteiger partial charge in [-0.15, -0.1) is 0 Å². The standard InChI is InChI=1S/C12H7Br2ClN2/c1-17-9(6-16)10(11(13)12(17)14)7-2-4-8(15)5-3-7/h2-5H,1H3. The number of halogens is 3. The lowest BCUT2D eigenvalue weighted by atomic mass is 10.1. The Morgan fingerprint density at radius 2 is 1.82 bits per heavy atom. The second-order valence-electron chi connectivity index (χ2n) is 3.51.